The van der Waals surface area contributed by atoms with Gasteiger partial charge in [-0.2, -0.15) is 0 Å². The molecule has 2 N–H and O–H groups in total. The van der Waals surface area contributed by atoms with E-state index in [1.165, 1.54) is 0 Å². The fourth-order valence-electron chi connectivity index (χ4n) is 2.06. The van der Waals surface area contributed by atoms with Gasteiger partial charge in [0.25, 0.3) is 0 Å². The quantitative estimate of drug-likeness (QED) is 0.676. The second-order valence-electron chi connectivity index (χ2n) is 6.35. The molecule has 0 spiro atoms. The van der Waals surface area contributed by atoms with Gasteiger partial charge in [0.2, 0.25) is 0 Å². The van der Waals surface area contributed by atoms with Crippen LogP contribution in [-0.4, -0.2) is 23.6 Å². The number of hydrogen-bond acceptors (Lipinski definition) is 5. The van der Waals surface area contributed by atoms with Crippen LogP contribution in [0.2, 0.25) is 0 Å². The van der Waals surface area contributed by atoms with Crippen molar-refractivity contribution in [2.24, 2.45) is 11.1 Å². The van der Waals surface area contributed by atoms with Crippen LogP contribution < -0.4 is 5.73 Å². The SMILES string of the molecule is CC(C)(C)OC(=O)C1(C(=O)OCc2ccccc2)CC1N. The number of esters is 2. The molecule has 1 fully saturated rings. The molecule has 5 nitrogen and oxygen atoms in total. The van der Waals surface area contributed by atoms with Crippen LogP contribution in [-0.2, 0) is 25.7 Å². The Hall–Kier alpha value is -1.88. The van der Waals surface area contributed by atoms with E-state index < -0.39 is 29.0 Å². The molecule has 1 aliphatic carbocycles. The first-order valence-corrected chi connectivity index (χ1v) is 6.96. The molecule has 0 heterocycles. The molecule has 2 unspecified atom stereocenters. The monoisotopic (exact) mass is 291 g/mol. The third kappa shape index (κ3) is 3.42. The van der Waals surface area contributed by atoms with Gasteiger partial charge in [0, 0.05) is 6.04 Å². The second-order valence-corrected chi connectivity index (χ2v) is 6.35. The maximum atomic E-state index is 12.2. The number of rotatable bonds is 4. The molecule has 0 bridgehead atoms. The van der Waals surface area contributed by atoms with Gasteiger partial charge in [-0.1, -0.05) is 30.3 Å². The smallest absolute Gasteiger partial charge is 0.325 e. The summed E-state index contributed by atoms with van der Waals surface area (Å²) >= 11 is 0. The Morgan fingerprint density at radius 3 is 2.29 bits per heavy atom. The Labute approximate surface area is 124 Å². The highest BCUT2D eigenvalue weighted by atomic mass is 16.6. The molecule has 114 valence electrons. The van der Waals surface area contributed by atoms with Crippen LogP contribution in [0, 0.1) is 5.41 Å². The van der Waals surface area contributed by atoms with Gasteiger partial charge in [0.15, 0.2) is 5.41 Å². The van der Waals surface area contributed by atoms with Crippen LogP contribution in [0.3, 0.4) is 0 Å². The Kier molecular flexibility index (Phi) is 4.05. The molecule has 21 heavy (non-hydrogen) atoms. The molecule has 0 aromatic heterocycles. The minimum absolute atomic E-state index is 0.122. The lowest BCUT2D eigenvalue weighted by Gasteiger charge is -2.23. The summed E-state index contributed by atoms with van der Waals surface area (Å²) < 4.78 is 10.5. The van der Waals surface area contributed by atoms with Gasteiger partial charge in [0.05, 0.1) is 0 Å². The Balaban J connectivity index is 2.01. The number of hydrogen-bond donors (Lipinski definition) is 1. The predicted molar refractivity (Wildman–Crippen MR) is 77.1 cm³/mol. The summed E-state index contributed by atoms with van der Waals surface area (Å²) in [4.78, 5) is 24.4. The lowest BCUT2D eigenvalue weighted by Crippen LogP contribution is -2.39. The van der Waals surface area contributed by atoms with Gasteiger partial charge in [0.1, 0.15) is 12.2 Å². The van der Waals surface area contributed by atoms with Crippen molar-refractivity contribution in [3.8, 4) is 0 Å². The molecule has 0 saturated heterocycles. The van der Waals surface area contributed by atoms with Crippen molar-refractivity contribution in [3.05, 3.63) is 35.9 Å². The largest absolute Gasteiger partial charge is 0.460 e. The van der Waals surface area contributed by atoms with Crippen molar-refractivity contribution >= 4 is 11.9 Å². The molecule has 1 saturated carbocycles. The maximum absolute atomic E-state index is 12.2. The number of benzene rings is 1. The molecule has 0 aliphatic heterocycles. The summed E-state index contributed by atoms with van der Waals surface area (Å²) in [6, 6.07) is 8.76. The standard InChI is InChI=1S/C16H21NO4/c1-15(2,3)21-14(19)16(9-12(16)17)13(18)20-10-11-7-5-4-6-8-11/h4-8,12H,9-10,17H2,1-3H3. The van der Waals surface area contributed by atoms with Crippen LogP contribution in [0.1, 0.15) is 32.8 Å². The highest BCUT2D eigenvalue weighted by Crippen LogP contribution is 2.47. The number of carbonyl (C=O) groups excluding carboxylic acids is 2. The fourth-order valence-corrected chi connectivity index (χ4v) is 2.06. The zero-order valence-corrected chi connectivity index (χ0v) is 12.6. The van der Waals surface area contributed by atoms with Crippen molar-refractivity contribution in [2.45, 2.75) is 45.4 Å². The minimum atomic E-state index is -1.33. The van der Waals surface area contributed by atoms with Gasteiger partial charge in [-0.25, -0.2) is 0 Å². The van der Waals surface area contributed by atoms with Gasteiger partial charge in [-0.3, -0.25) is 9.59 Å². The summed E-state index contributed by atoms with van der Waals surface area (Å²) in [7, 11) is 0. The molecule has 1 aromatic rings. The molecular weight excluding hydrogens is 270 g/mol. The zero-order chi connectivity index (χ0) is 15.7. The lowest BCUT2D eigenvalue weighted by atomic mass is 10.1. The number of nitrogens with two attached hydrogens (primary N) is 1. The molecule has 2 atom stereocenters. The average molecular weight is 291 g/mol. The van der Waals surface area contributed by atoms with E-state index >= 15 is 0 Å². The summed E-state index contributed by atoms with van der Waals surface area (Å²) in [5.41, 5.74) is 4.66. The van der Waals surface area contributed by atoms with E-state index in [1.807, 2.05) is 30.3 Å². The topological polar surface area (TPSA) is 78.6 Å². The maximum Gasteiger partial charge on any atom is 0.325 e. The highest BCUT2D eigenvalue weighted by Gasteiger charge is 2.67. The zero-order valence-electron chi connectivity index (χ0n) is 12.6. The number of carbonyl (C=O) groups is 2. The van der Waals surface area contributed by atoms with E-state index in [0.29, 0.717) is 0 Å². The first kappa shape index (κ1) is 15.5. The van der Waals surface area contributed by atoms with Crippen molar-refractivity contribution in [2.75, 3.05) is 0 Å². The summed E-state index contributed by atoms with van der Waals surface area (Å²) in [6.45, 7) is 5.38. The first-order chi connectivity index (χ1) is 9.75. The van der Waals surface area contributed by atoms with E-state index in [9.17, 15) is 9.59 Å². The van der Waals surface area contributed by atoms with E-state index in [2.05, 4.69) is 0 Å². The molecule has 1 aliphatic rings. The third-order valence-corrected chi connectivity index (χ3v) is 3.35. The van der Waals surface area contributed by atoms with Crippen LogP contribution in [0.5, 0.6) is 0 Å². The Bertz CT molecular complexity index is 535. The predicted octanol–water partition coefficient (Wildman–Crippen LogP) is 1.79. The van der Waals surface area contributed by atoms with Gasteiger partial charge >= 0.3 is 11.9 Å². The van der Waals surface area contributed by atoms with E-state index in [1.54, 1.807) is 20.8 Å². The minimum Gasteiger partial charge on any atom is -0.460 e. The molecule has 2 rings (SSSR count). The van der Waals surface area contributed by atoms with Crippen molar-refractivity contribution in [1.29, 1.82) is 0 Å². The van der Waals surface area contributed by atoms with Crippen LogP contribution in [0.15, 0.2) is 30.3 Å². The van der Waals surface area contributed by atoms with Crippen LogP contribution in [0.4, 0.5) is 0 Å². The van der Waals surface area contributed by atoms with Crippen molar-refractivity contribution in [1.82, 2.24) is 0 Å². The van der Waals surface area contributed by atoms with Crippen molar-refractivity contribution < 1.29 is 19.1 Å². The summed E-state index contributed by atoms with van der Waals surface area (Å²) in [5, 5.41) is 0. The summed E-state index contributed by atoms with van der Waals surface area (Å²) in [5.74, 6) is -1.20. The van der Waals surface area contributed by atoms with E-state index in [0.717, 1.165) is 5.56 Å². The average Bonchev–Trinajstić information content (AvgIpc) is 3.08. The molecular formula is C16H21NO4. The second kappa shape index (κ2) is 5.48. The molecule has 0 amide bonds. The molecule has 0 radical (unpaired) electrons. The summed E-state index contributed by atoms with van der Waals surface area (Å²) in [6.07, 6.45) is 0.273. The number of ether oxygens (including phenoxy) is 2. The van der Waals surface area contributed by atoms with Crippen LogP contribution in [0.25, 0.3) is 0 Å². The lowest BCUT2D eigenvalue weighted by molar-refractivity contribution is -0.172. The molecule has 1 aromatic carbocycles. The first-order valence-electron chi connectivity index (χ1n) is 6.96. The Morgan fingerprint density at radius 1 is 1.24 bits per heavy atom. The fraction of sp³-hybridized carbons (Fsp3) is 0.500. The van der Waals surface area contributed by atoms with E-state index in [-0.39, 0.29) is 13.0 Å². The Morgan fingerprint density at radius 2 is 1.81 bits per heavy atom. The van der Waals surface area contributed by atoms with Crippen LogP contribution >= 0.6 is 0 Å². The highest BCUT2D eigenvalue weighted by molar-refractivity contribution is 6.04. The van der Waals surface area contributed by atoms with Gasteiger partial charge in [-0.05, 0) is 32.8 Å². The third-order valence-electron chi connectivity index (χ3n) is 3.35. The van der Waals surface area contributed by atoms with Gasteiger partial charge < -0.3 is 15.2 Å². The van der Waals surface area contributed by atoms with Gasteiger partial charge in [-0.15, -0.1) is 0 Å². The normalized spacial score (nSPS) is 24.3. The van der Waals surface area contributed by atoms with E-state index in [4.69, 9.17) is 15.2 Å². The molecule has 5 heteroatoms. The van der Waals surface area contributed by atoms with Crippen molar-refractivity contribution in [3.63, 3.8) is 0 Å².